The Balaban J connectivity index is 3.20. The molecule has 0 fully saturated rings. The molecule has 11 heavy (non-hydrogen) atoms. The predicted octanol–water partition coefficient (Wildman–Crippen LogP) is 1.54. The van der Waals surface area contributed by atoms with Gasteiger partial charge >= 0.3 is 5.97 Å². The van der Waals surface area contributed by atoms with Crippen LogP contribution in [0.3, 0.4) is 0 Å². The highest BCUT2D eigenvalue weighted by Crippen LogP contribution is 2.08. The van der Waals surface area contributed by atoms with E-state index >= 15 is 0 Å². The summed E-state index contributed by atoms with van der Waals surface area (Å²) in [5.74, 6) is -3.58. The van der Waals surface area contributed by atoms with Gasteiger partial charge in [0, 0.05) is 6.07 Å². The first-order valence-electron chi connectivity index (χ1n) is 2.77. The summed E-state index contributed by atoms with van der Waals surface area (Å²) in [5, 5.41) is 10.1. The van der Waals surface area contributed by atoms with E-state index in [1.54, 1.807) is 0 Å². The number of hydrogen-bond acceptors (Lipinski definition) is 1. The van der Waals surface area contributed by atoms with E-state index in [4.69, 9.17) is 0 Å². The van der Waals surface area contributed by atoms with Crippen molar-refractivity contribution in [3.63, 3.8) is 0 Å². The number of halogens is 2. The summed E-state index contributed by atoms with van der Waals surface area (Å²) in [6.45, 7) is 0. The summed E-state index contributed by atoms with van der Waals surface area (Å²) in [5.41, 5.74) is -0.633. The first kappa shape index (κ1) is 7.65. The van der Waals surface area contributed by atoms with Crippen LogP contribution in [0.5, 0.6) is 0 Å². The molecular weight excluding hydrogens is 154 g/mol. The summed E-state index contributed by atoms with van der Waals surface area (Å²) in [6.07, 6.45) is 0. The first-order chi connectivity index (χ1) is 5.11. The Bertz CT molecular complexity index is 296. The molecule has 1 aromatic carbocycles. The number of rotatable bonds is 1. The summed E-state index contributed by atoms with van der Waals surface area (Å²) >= 11 is 0. The van der Waals surface area contributed by atoms with Crippen molar-refractivity contribution >= 4 is 5.97 Å². The summed E-state index contributed by atoms with van der Waals surface area (Å²) < 4.78 is 24.6. The maximum absolute atomic E-state index is 12.4. The topological polar surface area (TPSA) is 37.0 Å². The van der Waals surface area contributed by atoms with Crippen LogP contribution in [0.25, 0.3) is 0 Å². The van der Waals surface area contributed by atoms with Crippen LogP contribution in [-0.4, -0.2) is 5.97 Å². The lowest BCUT2D eigenvalue weighted by atomic mass is 10.2. The highest BCUT2D eigenvalue weighted by atomic mass is 19.1. The van der Waals surface area contributed by atoms with Gasteiger partial charge in [0.1, 0.15) is 11.6 Å². The molecule has 0 aliphatic carbocycles. The monoisotopic (exact) mass is 157 g/mol. The van der Waals surface area contributed by atoms with E-state index in [0.29, 0.717) is 6.07 Å². The minimum atomic E-state index is -1.65. The minimum absolute atomic E-state index is 0.491. The molecule has 0 saturated heterocycles. The number of hydrogen-bond donors (Lipinski definition) is 0. The zero-order valence-corrected chi connectivity index (χ0v) is 5.30. The van der Waals surface area contributed by atoms with Crippen molar-refractivity contribution in [2.24, 2.45) is 0 Å². The summed E-state index contributed by atoms with van der Waals surface area (Å²) in [7, 11) is 0. The Morgan fingerprint density at radius 2 is 1.91 bits per heavy atom. The fourth-order valence-corrected chi connectivity index (χ4v) is 0.655. The molecule has 0 bridgehead atoms. The lowest BCUT2D eigenvalue weighted by Gasteiger charge is -1.93. The lowest BCUT2D eigenvalue weighted by molar-refractivity contribution is 0.0568. The van der Waals surface area contributed by atoms with Gasteiger partial charge in [-0.15, -0.1) is 0 Å². The maximum atomic E-state index is 12.4. The van der Waals surface area contributed by atoms with Gasteiger partial charge in [0.15, 0.2) is 0 Å². The standard InChI is InChI=1S/C7H3F2O2/c8-4-1-2-5(7(10)11)6(9)3-4/h1-3H. The van der Waals surface area contributed by atoms with Crippen LogP contribution in [0.2, 0.25) is 0 Å². The van der Waals surface area contributed by atoms with Crippen LogP contribution in [0.15, 0.2) is 18.2 Å². The largest absolute Gasteiger partial charge is 0.389 e. The van der Waals surface area contributed by atoms with Crippen molar-refractivity contribution < 1.29 is 18.7 Å². The van der Waals surface area contributed by atoms with E-state index < -0.39 is 23.2 Å². The van der Waals surface area contributed by atoms with Crippen LogP contribution in [-0.2, 0) is 5.11 Å². The van der Waals surface area contributed by atoms with Crippen LogP contribution >= 0.6 is 0 Å². The molecule has 0 amide bonds. The van der Waals surface area contributed by atoms with Crippen molar-refractivity contribution in [1.82, 2.24) is 0 Å². The Morgan fingerprint density at radius 3 is 2.36 bits per heavy atom. The molecule has 4 heteroatoms. The Labute approximate surface area is 61.1 Å². The molecule has 0 aromatic heterocycles. The van der Waals surface area contributed by atoms with Gasteiger partial charge in [-0.3, -0.25) is 0 Å². The number of carbonyl (C=O) groups is 1. The highest BCUT2D eigenvalue weighted by Gasteiger charge is 2.11. The zero-order chi connectivity index (χ0) is 8.43. The maximum Gasteiger partial charge on any atom is 0.389 e. The number of carbonyl (C=O) groups excluding carboxylic acids is 1. The van der Waals surface area contributed by atoms with Gasteiger partial charge in [0.25, 0.3) is 0 Å². The van der Waals surface area contributed by atoms with Gasteiger partial charge < -0.3 is 0 Å². The van der Waals surface area contributed by atoms with Crippen molar-refractivity contribution in [2.75, 3.05) is 0 Å². The SMILES string of the molecule is [O]C(=O)c1ccc(F)cc1F. The second-order valence-corrected chi connectivity index (χ2v) is 1.91. The zero-order valence-electron chi connectivity index (χ0n) is 5.30. The molecule has 0 N–H and O–H groups in total. The van der Waals surface area contributed by atoms with Crippen LogP contribution in [0.1, 0.15) is 10.4 Å². The van der Waals surface area contributed by atoms with Crippen molar-refractivity contribution in [3.8, 4) is 0 Å². The average Bonchev–Trinajstić information content (AvgIpc) is 1.85. The normalized spacial score (nSPS) is 9.64. The minimum Gasteiger partial charge on any atom is -0.241 e. The molecule has 1 rings (SSSR count). The van der Waals surface area contributed by atoms with Gasteiger partial charge in [-0.2, -0.15) is 0 Å². The summed E-state index contributed by atoms with van der Waals surface area (Å²) in [6, 6.07) is 2.17. The molecule has 0 spiro atoms. The third-order valence-electron chi connectivity index (χ3n) is 1.15. The highest BCUT2D eigenvalue weighted by molar-refractivity contribution is 5.87. The molecule has 2 nitrogen and oxygen atoms in total. The number of benzene rings is 1. The van der Waals surface area contributed by atoms with Crippen molar-refractivity contribution in [2.45, 2.75) is 0 Å². The van der Waals surface area contributed by atoms with Crippen molar-refractivity contribution in [1.29, 1.82) is 0 Å². The fourth-order valence-electron chi connectivity index (χ4n) is 0.655. The fraction of sp³-hybridized carbons (Fsp3) is 0. The first-order valence-corrected chi connectivity index (χ1v) is 2.77. The van der Waals surface area contributed by atoms with Crippen LogP contribution in [0, 0.1) is 11.6 Å². The molecule has 0 unspecified atom stereocenters. The lowest BCUT2D eigenvalue weighted by Crippen LogP contribution is -1.98. The van der Waals surface area contributed by atoms with Crippen molar-refractivity contribution in [3.05, 3.63) is 35.4 Å². The van der Waals surface area contributed by atoms with Gasteiger partial charge in [-0.1, -0.05) is 0 Å². The van der Waals surface area contributed by atoms with Crippen LogP contribution < -0.4 is 0 Å². The quantitative estimate of drug-likeness (QED) is 0.609. The Morgan fingerprint density at radius 1 is 1.27 bits per heavy atom. The van der Waals surface area contributed by atoms with Gasteiger partial charge in [0.05, 0.1) is 5.56 Å². The molecular formula is C7H3F2O2. The molecule has 0 heterocycles. The second-order valence-electron chi connectivity index (χ2n) is 1.91. The van der Waals surface area contributed by atoms with Gasteiger partial charge in [-0.05, 0) is 12.1 Å². The second kappa shape index (κ2) is 2.65. The van der Waals surface area contributed by atoms with E-state index in [9.17, 15) is 18.7 Å². The van der Waals surface area contributed by atoms with E-state index in [1.807, 2.05) is 0 Å². The van der Waals surface area contributed by atoms with E-state index in [2.05, 4.69) is 0 Å². The molecule has 0 saturated carbocycles. The smallest absolute Gasteiger partial charge is 0.241 e. The third-order valence-corrected chi connectivity index (χ3v) is 1.15. The van der Waals surface area contributed by atoms with Crippen LogP contribution in [0.4, 0.5) is 8.78 Å². The molecule has 57 valence electrons. The molecule has 1 aromatic rings. The summed E-state index contributed by atoms with van der Waals surface area (Å²) in [4.78, 5) is 10.1. The average molecular weight is 157 g/mol. The third kappa shape index (κ3) is 1.52. The van der Waals surface area contributed by atoms with E-state index in [1.165, 1.54) is 0 Å². The molecule has 1 radical (unpaired) electrons. The van der Waals surface area contributed by atoms with E-state index in [0.717, 1.165) is 12.1 Å². The van der Waals surface area contributed by atoms with E-state index in [-0.39, 0.29) is 0 Å². The Hall–Kier alpha value is -1.45. The molecule has 0 aliphatic heterocycles. The van der Waals surface area contributed by atoms with Gasteiger partial charge in [0.2, 0.25) is 0 Å². The molecule has 0 atom stereocenters. The molecule has 0 aliphatic rings. The van der Waals surface area contributed by atoms with Gasteiger partial charge in [-0.25, -0.2) is 18.7 Å². The predicted molar refractivity (Wildman–Crippen MR) is 31.4 cm³/mol. The Kier molecular flexibility index (Phi) is 1.85.